The molecule has 3 aromatic rings. The minimum Gasteiger partial charge on any atom is -0.507 e. The van der Waals surface area contributed by atoms with E-state index in [2.05, 4.69) is 15.2 Å². The zero-order valence-electron chi connectivity index (χ0n) is 13.6. The maximum Gasteiger partial charge on any atom is 0.339 e. The van der Waals surface area contributed by atoms with Crippen molar-refractivity contribution in [3.05, 3.63) is 53.3 Å². The average Bonchev–Trinajstić information content (AvgIpc) is 2.89. The fraction of sp³-hybridized carbons (Fsp3) is 0.118. The summed E-state index contributed by atoms with van der Waals surface area (Å²) in [5.74, 6) is -2.49. The Morgan fingerprint density at radius 3 is 2.62 bits per heavy atom. The number of hydrogen-bond donors (Lipinski definition) is 3. The van der Waals surface area contributed by atoms with E-state index in [9.17, 15) is 14.7 Å². The number of rotatable bonds is 5. The van der Waals surface area contributed by atoms with Gasteiger partial charge in [-0.25, -0.2) is 9.78 Å². The lowest BCUT2D eigenvalue weighted by Crippen LogP contribution is -2.00. The van der Waals surface area contributed by atoms with Gasteiger partial charge in [0.15, 0.2) is 5.82 Å². The molecular formula is C17H14N4O5. The van der Waals surface area contributed by atoms with Crippen LogP contribution in [0.2, 0.25) is 0 Å². The summed E-state index contributed by atoms with van der Waals surface area (Å²) in [5, 5.41) is 35.7. The van der Waals surface area contributed by atoms with Crippen LogP contribution in [-0.2, 0) is 11.2 Å². The molecule has 26 heavy (non-hydrogen) atoms. The number of pyridine rings is 1. The lowest BCUT2D eigenvalue weighted by atomic mass is 10.2. The summed E-state index contributed by atoms with van der Waals surface area (Å²) in [6, 6.07) is 7.38. The number of hydrogen-bond acceptors (Lipinski definition) is 6. The Morgan fingerprint density at radius 2 is 1.92 bits per heavy atom. The number of aryl methyl sites for hydroxylation is 1. The fourth-order valence-electron chi connectivity index (χ4n) is 2.41. The molecule has 3 rings (SSSR count). The molecule has 0 spiro atoms. The molecule has 9 heteroatoms. The van der Waals surface area contributed by atoms with Gasteiger partial charge in [-0.2, -0.15) is 0 Å². The molecule has 2 heterocycles. The van der Waals surface area contributed by atoms with Crippen molar-refractivity contribution in [2.45, 2.75) is 13.3 Å². The molecule has 3 N–H and O–H groups in total. The number of aromatic carboxylic acids is 1. The number of aromatic hydroxyl groups is 1. The van der Waals surface area contributed by atoms with Crippen molar-refractivity contribution in [2.24, 2.45) is 10.2 Å². The van der Waals surface area contributed by atoms with Crippen LogP contribution in [0.5, 0.6) is 5.75 Å². The van der Waals surface area contributed by atoms with Gasteiger partial charge < -0.3 is 15.3 Å². The third-order valence-electron chi connectivity index (χ3n) is 3.62. The topological polar surface area (TPSA) is 137 Å². The third kappa shape index (κ3) is 3.36. The van der Waals surface area contributed by atoms with Gasteiger partial charge in [0.1, 0.15) is 17.0 Å². The van der Waals surface area contributed by atoms with Gasteiger partial charge in [-0.1, -0.05) is 0 Å². The molecule has 0 bridgehead atoms. The highest BCUT2D eigenvalue weighted by Crippen LogP contribution is 2.27. The Kier molecular flexibility index (Phi) is 4.36. The largest absolute Gasteiger partial charge is 0.507 e. The summed E-state index contributed by atoms with van der Waals surface area (Å²) >= 11 is 0. The van der Waals surface area contributed by atoms with Crippen molar-refractivity contribution in [1.82, 2.24) is 9.38 Å². The summed E-state index contributed by atoms with van der Waals surface area (Å²) < 4.78 is 1.60. The van der Waals surface area contributed by atoms with Crippen LogP contribution < -0.4 is 0 Å². The van der Waals surface area contributed by atoms with Crippen molar-refractivity contribution < 1.29 is 24.9 Å². The van der Waals surface area contributed by atoms with E-state index in [1.807, 2.05) is 13.0 Å². The van der Waals surface area contributed by atoms with E-state index < -0.39 is 11.9 Å². The number of azo groups is 1. The highest BCUT2D eigenvalue weighted by atomic mass is 16.4. The number of carboxylic acid groups (broad SMARTS) is 2. The number of nitrogens with zero attached hydrogens (tertiary/aromatic N) is 4. The number of benzene rings is 1. The number of fused-ring (bicyclic) bond motifs is 1. The van der Waals surface area contributed by atoms with Gasteiger partial charge in [0.25, 0.3) is 0 Å². The SMILES string of the molecule is Cc1ccn2c(N=Nc3ccc(O)c(C(=O)O)c3)c(CC(=O)O)nc2c1. The second-order valence-electron chi connectivity index (χ2n) is 5.59. The Hall–Kier alpha value is -3.75. The van der Waals surface area contributed by atoms with Crippen LogP contribution in [0.15, 0.2) is 46.8 Å². The Morgan fingerprint density at radius 1 is 1.15 bits per heavy atom. The standard InChI is InChI=1S/C17H14N4O5/c1-9-4-5-21-14(6-9)18-12(8-15(23)24)16(21)20-19-10-2-3-13(22)11(7-10)17(25)26/h2-7,22H,8H2,1H3,(H,23,24)(H,25,26). The number of carboxylic acids is 2. The van der Waals surface area contributed by atoms with E-state index in [4.69, 9.17) is 10.2 Å². The molecule has 132 valence electrons. The van der Waals surface area contributed by atoms with Crippen LogP contribution in [0.1, 0.15) is 21.6 Å². The van der Waals surface area contributed by atoms with Crippen LogP contribution >= 0.6 is 0 Å². The molecule has 0 fully saturated rings. The lowest BCUT2D eigenvalue weighted by molar-refractivity contribution is -0.136. The van der Waals surface area contributed by atoms with Crippen LogP contribution in [0.25, 0.3) is 5.65 Å². The highest BCUT2D eigenvalue weighted by Gasteiger charge is 2.15. The van der Waals surface area contributed by atoms with Gasteiger partial charge in [-0.05, 0) is 42.8 Å². The zero-order valence-corrected chi connectivity index (χ0v) is 13.6. The van der Waals surface area contributed by atoms with Crippen molar-refractivity contribution in [3.63, 3.8) is 0 Å². The molecule has 0 saturated heterocycles. The van der Waals surface area contributed by atoms with Crippen LogP contribution in [0.3, 0.4) is 0 Å². The minimum atomic E-state index is -1.30. The summed E-state index contributed by atoms with van der Waals surface area (Å²) in [4.78, 5) is 26.4. The number of aromatic nitrogens is 2. The van der Waals surface area contributed by atoms with E-state index in [0.29, 0.717) is 5.65 Å². The molecule has 0 aliphatic heterocycles. The lowest BCUT2D eigenvalue weighted by Gasteiger charge is -2.01. The van der Waals surface area contributed by atoms with Crippen LogP contribution in [0.4, 0.5) is 11.5 Å². The normalized spacial score (nSPS) is 11.3. The summed E-state index contributed by atoms with van der Waals surface area (Å²) in [6.45, 7) is 1.89. The second-order valence-corrected chi connectivity index (χ2v) is 5.59. The molecule has 0 atom stereocenters. The third-order valence-corrected chi connectivity index (χ3v) is 3.62. The first-order valence-corrected chi connectivity index (χ1v) is 7.52. The van der Waals surface area contributed by atoms with Crippen molar-refractivity contribution in [2.75, 3.05) is 0 Å². The van der Waals surface area contributed by atoms with E-state index in [1.165, 1.54) is 18.2 Å². The molecule has 2 aromatic heterocycles. The molecule has 0 saturated carbocycles. The van der Waals surface area contributed by atoms with E-state index in [0.717, 1.165) is 5.56 Å². The average molecular weight is 354 g/mol. The van der Waals surface area contributed by atoms with Gasteiger partial charge in [0, 0.05) is 6.20 Å². The molecule has 9 nitrogen and oxygen atoms in total. The van der Waals surface area contributed by atoms with Crippen molar-refractivity contribution >= 4 is 29.1 Å². The first kappa shape index (κ1) is 17.1. The molecule has 0 unspecified atom stereocenters. The van der Waals surface area contributed by atoms with Crippen LogP contribution in [-0.4, -0.2) is 36.6 Å². The maximum absolute atomic E-state index is 11.1. The highest BCUT2D eigenvalue weighted by molar-refractivity contribution is 5.91. The smallest absolute Gasteiger partial charge is 0.339 e. The number of imidazole rings is 1. The fourth-order valence-corrected chi connectivity index (χ4v) is 2.41. The Bertz CT molecular complexity index is 1050. The van der Waals surface area contributed by atoms with Gasteiger partial charge in [-0.3, -0.25) is 9.20 Å². The predicted molar refractivity (Wildman–Crippen MR) is 90.5 cm³/mol. The molecule has 1 aromatic carbocycles. The van der Waals surface area contributed by atoms with Gasteiger partial charge in [-0.15, -0.1) is 10.2 Å². The quantitative estimate of drug-likeness (QED) is 0.602. The van der Waals surface area contributed by atoms with Gasteiger partial charge in [0.2, 0.25) is 0 Å². The Balaban J connectivity index is 2.07. The first-order chi connectivity index (χ1) is 12.3. The van der Waals surface area contributed by atoms with E-state index in [1.54, 1.807) is 16.7 Å². The summed E-state index contributed by atoms with van der Waals surface area (Å²) in [7, 11) is 0. The molecular weight excluding hydrogens is 340 g/mol. The number of aliphatic carboxylic acids is 1. The number of carbonyl (C=O) groups is 2. The zero-order chi connectivity index (χ0) is 18.8. The molecule has 0 aliphatic rings. The van der Waals surface area contributed by atoms with Gasteiger partial charge >= 0.3 is 11.9 Å². The van der Waals surface area contributed by atoms with E-state index >= 15 is 0 Å². The van der Waals surface area contributed by atoms with E-state index in [-0.39, 0.29) is 34.9 Å². The van der Waals surface area contributed by atoms with Crippen molar-refractivity contribution in [1.29, 1.82) is 0 Å². The molecule has 0 radical (unpaired) electrons. The Labute approximate surface area is 146 Å². The van der Waals surface area contributed by atoms with Crippen molar-refractivity contribution in [3.8, 4) is 5.75 Å². The second kappa shape index (κ2) is 6.63. The molecule has 0 aliphatic carbocycles. The number of phenols is 1. The van der Waals surface area contributed by atoms with Crippen LogP contribution in [0, 0.1) is 6.92 Å². The van der Waals surface area contributed by atoms with Gasteiger partial charge in [0.05, 0.1) is 17.8 Å². The first-order valence-electron chi connectivity index (χ1n) is 7.52. The molecule has 0 amide bonds. The minimum absolute atomic E-state index is 0.198. The summed E-state index contributed by atoms with van der Waals surface area (Å²) in [6.07, 6.45) is 1.38. The monoisotopic (exact) mass is 354 g/mol. The summed E-state index contributed by atoms with van der Waals surface area (Å²) in [5.41, 5.74) is 1.62. The maximum atomic E-state index is 11.1. The predicted octanol–water partition coefficient (Wildman–Crippen LogP) is 3.09.